The number of anilines is 1. The second-order valence-corrected chi connectivity index (χ2v) is 6.37. The molecule has 0 aliphatic carbocycles. The van der Waals surface area contributed by atoms with E-state index in [0.29, 0.717) is 0 Å². The first-order valence-electron chi connectivity index (χ1n) is 8.78. The maximum absolute atomic E-state index is 14.1. The molecule has 0 bridgehead atoms. The molecule has 4 aromatic rings. The van der Waals surface area contributed by atoms with E-state index >= 15 is 0 Å². The van der Waals surface area contributed by atoms with Gasteiger partial charge in [0.05, 0.1) is 5.56 Å². The van der Waals surface area contributed by atoms with Gasteiger partial charge in [-0.25, -0.2) is 8.78 Å². The van der Waals surface area contributed by atoms with Gasteiger partial charge >= 0.3 is 0 Å². The first-order valence-corrected chi connectivity index (χ1v) is 8.78. The largest absolute Gasteiger partial charge is 0.418 e. The molecule has 1 aromatic heterocycles. The number of aryl methyl sites for hydroxylation is 1. The van der Waals surface area contributed by atoms with Gasteiger partial charge in [-0.3, -0.25) is 0 Å². The predicted octanol–water partition coefficient (Wildman–Crippen LogP) is 5.52. The second-order valence-electron chi connectivity index (χ2n) is 6.37. The zero-order valence-electron chi connectivity index (χ0n) is 15.1. The molecule has 0 aliphatic rings. The molecule has 1 heterocycles. The van der Waals surface area contributed by atoms with Crippen LogP contribution in [0.1, 0.15) is 23.1 Å². The Bertz CT molecular complexity index is 1100. The fraction of sp³-hybridized carbons (Fsp3) is 0.0909. The SMILES string of the molecule is Cc1cc(F)ccc1NC(c1ccccc1)c1nnc(-c2ccccc2F)o1. The summed E-state index contributed by atoms with van der Waals surface area (Å²) in [4.78, 5) is 0. The summed E-state index contributed by atoms with van der Waals surface area (Å²) in [6.45, 7) is 1.81. The quantitative estimate of drug-likeness (QED) is 0.497. The number of hydrogen-bond acceptors (Lipinski definition) is 4. The van der Waals surface area contributed by atoms with Gasteiger partial charge in [0.15, 0.2) is 0 Å². The standard InChI is InChI=1S/C22H17F2N3O/c1-14-13-16(23)11-12-19(14)25-20(15-7-3-2-4-8-15)22-27-26-21(28-22)17-9-5-6-10-18(17)24/h2-13,20,25H,1H3. The molecule has 0 amide bonds. The van der Waals surface area contributed by atoms with Crippen LogP contribution in [0.2, 0.25) is 0 Å². The third-order valence-electron chi connectivity index (χ3n) is 4.41. The van der Waals surface area contributed by atoms with Crippen LogP contribution in [0.4, 0.5) is 14.5 Å². The highest BCUT2D eigenvalue weighted by atomic mass is 19.1. The van der Waals surface area contributed by atoms with Crippen molar-refractivity contribution in [3.05, 3.63) is 101 Å². The zero-order chi connectivity index (χ0) is 19.5. The summed E-state index contributed by atoms with van der Waals surface area (Å²) in [6, 6.07) is 19.8. The van der Waals surface area contributed by atoms with E-state index in [-0.39, 0.29) is 23.2 Å². The molecule has 1 atom stereocenters. The van der Waals surface area contributed by atoms with Gasteiger partial charge in [0.25, 0.3) is 5.89 Å². The lowest BCUT2D eigenvalue weighted by atomic mass is 10.1. The molecule has 28 heavy (non-hydrogen) atoms. The summed E-state index contributed by atoms with van der Waals surface area (Å²) in [5.41, 5.74) is 2.61. The Morgan fingerprint density at radius 3 is 2.39 bits per heavy atom. The molecule has 0 radical (unpaired) electrons. The number of rotatable bonds is 5. The Hall–Kier alpha value is -3.54. The Morgan fingerprint density at radius 2 is 1.64 bits per heavy atom. The minimum atomic E-state index is -0.474. The van der Waals surface area contributed by atoms with Gasteiger partial charge in [0, 0.05) is 5.69 Å². The molecule has 3 aromatic carbocycles. The number of benzene rings is 3. The second kappa shape index (κ2) is 7.60. The van der Waals surface area contributed by atoms with Crippen molar-refractivity contribution >= 4 is 5.69 Å². The molecular weight excluding hydrogens is 360 g/mol. The first-order chi connectivity index (χ1) is 13.6. The van der Waals surface area contributed by atoms with Gasteiger partial charge in [-0.1, -0.05) is 42.5 Å². The molecule has 0 spiro atoms. The van der Waals surface area contributed by atoms with Crippen LogP contribution in [0.3, 0.4) is 0 Å². The van der Waals surface area contributed by atoms with Crippen LogP contribution in [-0.2, 0) is 0 Å². The van der Waals surface area contributed by atoms with Crippen LogP contribution in [-0.4, -0.2) is 10.2 Å². The Morgan fingerprint density at radius 1 is 0.893 bits per heavy atom. The highest BCUT2D eigenvalue weighted by Crippen LogP contribution is 2.30. The first kappa shape index (κ1) is 17.9. The lowest BCUT2D eigenvalue weighted by Gasteiger charge is -2.18. The van der Waals surface area contributed by atoms with Crippen LogP contribution < -0.4 is 5.32 Å². The lowest BCUT2D eigenvalue weighted by molar-refractivity contribution is 0.490. The number of nitrogens with one attached hydrogen (secondary N) is 1. The third-order valence-corrected chi connectivity index (χ3v) is 4.41. The average molecular weight is 377 g/mol. The average Bonchev–Trinajstić information content (AvgIpc) is 3.18. The maximum atomic E-state index is 14.1. The van der Waals surface area contributed by atoms with Crippen LogP contribution in [0.25, 0.3) is 11.5 Å². The van der Waals surface area contributed by atoms with Gasteiger partial charge < -0.3 is 9.73 Å². The molecule has 0 aliphatic heterocycles. The van der Waals surface area contributed by atoms with E-state index in [0.717, 1.165) is 16.8 Å². The maximum Gasteiger partial charge on any atom is 0.250 e. The summed E-state index contributed by atoms with van der Waals surface area (Å²) < 4.78 is 33.3. The van der Waals surface area contributed by atoms with Crippen LogP contribution in [0.15, 0.2) is 77.2 Å². The van der Waals surface area contributed by atoms with E-state index in [1.807, 2.05) is 37.3 Å². The van der Waals surface area contributed by atoms with Crippen molar-refractivity contribution < 1.29 is 13.2 Å². The number of aromatic nitrogens is 2. The van der Waals surface area contributed by atoms with Gasteiger partial charge in [0.2, 0.25) is 5.89 Å². The molecule has 4 rings (SSSR count). The fourth-order valence-corrected chi connectivity index (χ4v) is 2.97. The molecule has 1 N–H and O–H groups in total. The molecule has 4 nitrogen and oxygen atoms in total. The number of nitrogens with zero attached hydrogens (tertiary/aromatic N) is 2. The third kappa shape index (κ3) is 3.62. The molecule has 0 fully saturated rings. The van der Waals surface area contributed by atoms with Gasteiger partial charge in [-0.05, 0) is 48.4 Å². The Labute approximate surface area is 160 Å². The Kier molecular flexibility index (Phi) is 4.85. The summed E-state index contributed by atoms with van der Waals surface area (Å²) >= 11 is 0. The monoisotopic (exact) mass is 377 g/mol. The van der Waals surface area contributed by atoms with Crippen LogP contribution in [0.5, 0.6) is 0 Å². The van der Waals surface area contributed by atoms with Crippen molar-refractivity contribution in [2.24, 2.45) is 0 Å². The predicted molar refractivity (Wildman–Crippen MR) is 103 cm³/mol. The van der Waals surface area contributed by atoms with E-state index in [1.54, 1.807) is 24.3 Å². The van der Waals surface area contributed by atoms with E-state index in [4.69, 9.17) is 4.42 Å². The van der Waals surface area contributed by atoms with Gasteiger partial charge in [-0.2, -0.15) is 0 Å². The fourth-order valence-electron chi connectivity index (χ4n) is 2.97. The lowest BCUT2D eigenvalue weighted by Crippen LogP contribution is -2.13. The summed E-state index contributed by atoms with van der Waals surface area (Å²) in [7, 11) is 0. The highest BCUT2D eigenvalue weighted by Gasteiger charge is 2.23. The minimum absolute atomic E-state index is 0.103. The van der Waals surface area contributed by atoms with Crippen molar-refractivity contribution in [1.82, 2.24) is 10.2 Å². The molecule has 0 saturated carbocycles. The van der Waals surface area contributed by atoms with Crippen molar-refractivity contribution in [3.63, 3.8) is 0 Å². The Balaban J connectivity index is 1.73. The topological polar surface area (TPSA) is 51.0 Å². The van der Waals surface area contributed by atoms with Crippen molar-refractivity contribution in [1.29, 1.82) is 0 Å². The zero-order valence-corrected chi connectivity index (χ0v) is 15.1. The van der Waals surface area contributed by atoms with E-state index in [2.05, 4.69) is 15.5 Å². The molecular formula is C22H17F2N3O. The summed E-state index contributed by atoms with van der Waals surface area (Å²) in [5, 5.41) is 11.5. The summed E-state index contributed by atoms with van der Waals surface area (Å²) in [5.74, 6) is -0.352. The van der Waals surface area contributed by atoms with Gasteiger partial charge in [0.1, 0.15) is 17.7 Å². The molecule has 1 unspecified atom stereocenters. The minimum Gasteiger partial charge on any atom is -0.418 e. The number of halogens is 2. The van der Waals surface area contributed by atoms with Crippen molar-refractivity contribution in [2.75, 3.05) is 5.32 Å². The van der Waals surface area contributed by atoms with Gasteiger partial charge in [-0.15, -0.1) is 10.2 Å². The molecule has 0 saturated heterocycles. The molecule has 140 valence electrons. The van der Waals surface area contributed by atoms with E-state index < -0.39 is 11.9 Å². The highest BCUT2D eigenvalue weighted by molar-refractivity contribution is 5.55. The molecule has 6 heteroatoms. The number of hydrogen-bond donors (Lipinski definition) is 1. The van der Waals surface area contributed by atoms with E-state index in [1.165, 1.54) is 18.2 Å². The van der Waals surface area contributed by atoms with Crippen molar-refractivity contribution in [3.8, 4) is 11.5 Å². The van der Waals surface area contributed by atoms with Crippen molar-refractivity contribution in [2.45, 2.75) is 13.0 Å². The van der Waals surface area contributed by atoms with Crippen LogP contribution in [0, 0.1) is 18.6 Å². The van der Waals surface area contributed by atoms with E-state index in [9.17, 15) is 8.78 Å². The normalized spacial score (nSPS) is 12.0. The van der Waals surface area contributed by atoms with Crippen LogP contribution >= 0.6 is 0 Å². The summed E-state index contributed by atoms with van der Waals surface area (Å²) in [6.07, 6.45) is 0. The smallest absolute Gasteiger partial charge is 0.250 e.